The Balaban J connectivity index is 2.41. The molecule has 0 aliphatic carbocycles. The number of rotatable bonds is 10. The van der Waals surface area contributed by atoms with Crippen molar-refractivity contribution in [3.8, 4) is 0 Å². The molecule has 0 aromatic rings. The number of nitrogens with one attached hydrogen (secondary N) is 1. The highest BCUT2D eigenvalue weighted by Crippen LogP contribution is 2.27. The van der Waals surface area contributed by atoms with Crippen LogP contribution in [0, 0.1) is 11.3 Å². The molecular formula is C17H36N2O. The molecule has 1 heterocycles. The summed E-state index contributed by atoms with van der Waals surface area (Å²) in [5, 5.41) is 3.64. The standard InChI is InChI=1S/C17H36N2O/c1-5-10-18-14-17(6-2,7-3)15-19(4)12-16-9-8-11-20-13-16/h16,18H,5-15H2,1-4H3. The van der Waals surface area contributed by atoms with Crippen LogP contribution < -0.4 is 5.32 Å². The van der Waals surface area contributed by atoms with Gasteiger partial charge in [0, 0.05) is 26.2 Å². The van der Waals surface area contributed by atoms with E-state index in [9.17, 15) is 0 Å². The zero-order chi connectivity index (χ0) is 14.8. The van der Waals surface area contributed by atoms with Gasteiger partial charge in [0.05, 0.1) is 6.61 Å². The third-order valence-corrected chi connectivity index (χ3v) is 4.86. The zero-order valence-corrected chi connectivity index (χ0v) is 14.2. The summed E-state index contributed by atoms with van der Waals surface area (Å²) in [4.78, 5) is 2.54. The molecule has 0 bridgehead atoms. The largest absolute Gasteiger partial charge is 0.381 e. The third-order valence-electron chi connectivity index (χ3n) is 4.86. The number of nitrogens with zero attached hydrogens (tertiary/aromatic N) is 1. The summed E-state index contributed by atoms with van der Waals surface area (Å²) in [5.41, 5.74) is 0.430. The van der Waals surface area contributed by atoms with Crippen LogP contribution in [0.5, 0.6) is 0 Å². The summed E-state index contributed by atoms with van der Waals surface area (Å²) in [7, 11) is 2.29. The quantitative estimate of drug-likeness (QED) is 0.624. The van der Waals surface area contributed by atoms with E-state index in [1.54, 1.807) is 0 Å². The average Bonchev–Trinajstić information content (AvgIpc) is 2.47. The minimum Gasteiger partial charge on any atom is -0.381 e. The topological polar surface area (TPSA) is 24.5 Å². The van der Waals surface area contributed by atoms with Gasteiger partial charge in [0.15, 0.2) is 0 Å². The smallest absolute Gasteiger partial charge is 0.0506 e. The predicted molar refractivity (Wildman–Crippen MR) is 87.2 cm³/mol. The molecule has 0 aromatic heterocycles. The molecule has 0 spiro atoms. The second-order valence-electron chi connectivity index (χ2n) is 6.66. The van der Waals surface area contributed by atoms with Crippen LogP contribution in [0.1, 0.15) is 52.9 Å². The minimum atomic E-state index is 0.430. The first kappa shape index (κ1) is 17.9. The highest BCUT2D eigenvalue weighted by Gasteiger charge is 2.28. The van der Waals surface area contributed by atoms with Gasteiger partial charge >= 0.3 is 0 Å². The van der Waals surface area contributed by atoms with Crippen molar-refractivity contribution in [1.82, 2.24) is 10.2 Å². The lowest BCUT2D eigenvalue weighted by molar-refractivity contribution is 0.0344. The molecule has 3 heteroatoms. The van der Waals surface area contributed by atoms with Crippen molar-refractivity contribution >= 4 is 0 Å². The lowest BCUT2D eigenvalue weighted by atomic mass is 9.81. The fourth-order valence-corrected chi connectivity index (χ4v) is 3.34. The highest BCUT2D eigenvalue weighted by molar-refractivity contribution is 4.83. The molecule has 0 saturated carbocycles. The fraction of sp³-hybridized carbons (Fsp3) is 1.00. The first-order valence-corrected chi connectivity index (χ1v) is 8.62. The Morgan fingerprint density at radius 3 is 2.55 bits per heavy atom. The van der Waals surface area contributed by atoms with E-state index in [2.05, 4.69) is 38.0 Å². The summed E-state index contributed by atoms with van der Waals surface area (Å²) in [6.07, 6.45) is 6.31. The normalized spacial score (nSPS) is 20.6. The predicted octanol–water partition coefficient (Wildman–Crippen LogP) is 3.15. The van der Waals surface area contributed by atoms with Gasteiger partial charge in [0.2, 0.25) is 0 Å². The van der Waals surface area contributed by atoms with Crippen molar-refractivity contribution in [3.63, 3.8) is 0 Å². The maximum absolute atomic E-state index is 5.61. The first-order chi connectivity index (χ1) is 9.65. The Kier molecular flexibility index (Phi) is 8.74. The molecule has 120 valence electrons. The Hall–Kier alpha value is -0.120. The van der Waals surface area contributed by atoms with Crippen molar-refractivity contribution in [3.05, 3.63) is 0 Å². The van der Waals surface area contributed by atoms with Crippen LogP contribution in [0.2, 0.25) is 0 Å². The fourth-order valence-electron chi connectivity index (χ4n) is 3.34. The van der Waals surface area contributed by atoms with E-state index in [0.717, 1.165) is 32.2 Å². The van der Waals surface area contributed by atoms with E-state index < -0.39 is 0 Å². The molecule has 20 heavy (non-hydrogen) atoms. The van der Waals surface area contributed by atoms with Crippen LogP contribution in [0.3, 0.4) is 0 Å². The summed E-state index contributed by atoms with van der Waals surface area (Å²) in [6, 6.07) is 0. The van der Waals surface area contributed by atoms with Gasteiger partial charge < -0.3 is 15.0 Å². The van der Waals surface area contributed by atoms with Crippen LogP contribution in [0.25, 0.3) is 0 Å². The molecule has 0 radical (unpaired) electrons. The van der Waals surface area contributed by atoms with E-state index in [1.165, 1.54) is 45.2 Å². The average molecular weight is 284 g/mol. The van der Waals surface area contributed by atoms with Gasteiger partial charge in [-0.25, -0.2) is 0 Å². The van der Waals surface area contributed by atoms with Crippen molar-refractivity contribution < 1.29 is 4.74 Å². The van der Waals surface area contributed by atoms with Crippen LogP contribution in [0.4, 0.5) is 0 Å². The van der Waals surface area contributed by atoms with E-state index in [1.807, 2.05) is 0 Å². The van der Waals surface area contributed by atoms with Gasteiger partial charge in [-0.2, -0.15) is 0 Å². The molecule has 1 fully saturated rings. The van der Waals surface area contributed by atoms with Crippen molar-refractivity contribution in [2.24, 2.45) is 11.3 Å². The van der Waals surface area contributed by atoms with Crippen LogP contribution in [0.15, 0.2) is 0 Å². The van der Waals surface area contributed by atoms with Gasteiger partial charge in [-0.1, -0.05) is 20.8 Å². The minimum absolute atomic E-state index is 0.430. The van der Waals surface area contributed by atoms with E-state index in [-0.39, 0.29) is 0 Å². The molecule has 1 aliphatic rings. The molecule has 1 atom stereocenters. The Morgan fingerprint density at radius 2 is 2.00 bits per heavy atom. The Morgan fingerprint density at radius 1 is 1.25 bits per heavy atom. The van der Waals surface area contributed by atoms with Crippen LogP contribution >= 0.6 is 0 Å². The van der Waals surface area contributed by atoms with Gasteiger partial charge in [-0.3, -0.25) is 0 Å². The Bertz CT molecular complexity index is 235. The van der Waals surface area contributed by atoms with Crippen molar-refractivity contribution in [2.75, 3.05) is 46.4 Å². The van der Waals surface area contributed by atoms with Crippen LogP contribution in [-0.4, -0.2) is 51.3 Å². The van der Waals surface area contributed by atoms with Gasteiger partial charge in [-0.05, 0) is 57.0 Å². The zero-order valence-electron chi connectivity index (χ0n) is 14.2. The second kappa shape index (κ2) is 9.75. The summed E-state index contributed by atoms with van der Waals surface area (Å²) in [6.45, 7) is 13.5. The van der Waals surface area contributed by atoms with Crippen molar-refractivity contribution in [1.29, 1.82) is 0 Å². The number of ether oxygens (including phenoxy) is 1. The second-order valence-corrected chi connectivity index (χ2v) is 6.66. The molecule has 3 nitrogen and oxygen atoms in total. The highest BCUT2D eigenvalue weighted by atomic mass is 16.5. The van der Waals surface area contributed by atoms with Gasteiger partial charge in [0.1, 0.15) is 0 Å². The van der Waals surface area contributed by atoms with E-state index >= 15 is 0 Å². The molecule has 1 N–H and O–H groups in total. The molecule has 1 rings (SSSR count). The third kappa shape index (κ3) is 6.11. The maximum atomic E-state index is 5.61. The molecular weight excluding hydrogens is 248 g/mol. The summed E-state index contributed by atoms with van der Waals surface area (Å²) < 4.78 is 5.61. The Labute approximate surface area is 126 Å². The SMILES string of the molecule is CCCNCC(CC)(CC)CN(C)CC1CCCOC1. The van der Waals surface area contributed by atoms with E-state index in [4.69, 9.17) is 4.74 Å². The lowest BCUT2D eigenvalue weighted by Crippen LogP contribution is -2.44. The molecule has 1 saturated heterocycles. The van der Waals surface area contributed by atoms with Crippen LogP contribution in [-0.2, 0) is 4.74 Å². The van der Waals surface area contributed by atoms with Gasteiger partial charge in [-0.15, -0.1) is 0 Å². The summed E-state index contributed by atoms with van der Waals surface area (Å²) in [5.74, 6) is 0.740. The van der Waals surface area contributed by atoms with E-state index in [0.29, 0.717) is 5.41 Å². The molecule has 1 aliphatic heterocycles. The molecule has 0 amide bonds. The van der Waals surface area contributed by atoms with Gasteiger partial charge in [0.25, 0.3) is 0 Å². The lowest BCUT2D eigenvalue weighted by Gasteiger charge is -2.37. The molecule has 1 unspecified atom stereocenters. The number of hydrogen-bond donors (Lipinski definition) is 1. The maximum Gasteiger partial charge on any atom is 0.0506 e. The summed E-state index contributed by atoms with van der Waals surface area (Å²) >= 11 is 0. The first-order valence-electron chi connectivity index (χ1n) is 8.62. The number of hydrogen-bond acceptors (Lipinski definition) is 3. The van der Waals surface area contributed by atoms with Crippen molar-refractivity contribution in [2.45, 2.75) is 52.9 Å². The monoisotopic (exact) mass is 284 g/mol. The molecule has 0 aromatic carbocycles.